The zero-order valence-electron chi connectivity index (χ0n) is 23.4. The van der Waals surface area contributed by atoms with Crippen LogP contribution < -0.4 is 0 Å². The molecule has 0 fully saturated rings. The normalized spacial score (nSPS) is 12.1. The molecule has 0 aromatic rings. The minimum absolute atomic E-state index is 0.226. The summed E-state index contributed by atoms with van der Waals surface area (Å²) in [5, 5.41) is 0. The molecule has 0 radical (unpaired) electrons. The molecular formula is C28H57BF3NO. The number of rotatable bonds is 22. The summed E-state index contributed by atoms with van der Waals surface area (Å²) in [7, 11) is 0. The Bertz CT molecular complexity index is 443. The molecule has 34 heavy (non-hydrogen) atoms. The largest absolute Gasteiger partial charge is 0.502 e. The van der Waals surface area contributed by atoms with Crippen molar-refractivity contribution in [3.05, 3.63) is 12.1 Å². The van der Waals surface area contributed by atoms with Crippen LogP contribution in [-0.2, 0) is 4.79 Å². The molecule has 0 saturated carbocycles. The van der Waals surface area contributed by atoms with Crippen molar-refractivity contribution in [3.8, 4) is 0 Å². The van der Waals surface area contributed by atoms with Crippen LogP contribution in [0.2, 0.25) is 0 Å². The number of hydrogen-bond donors (Lipinski definition) is 0. The number of allylic oxidation sites excluding steroid dienone is 1. The standard InChI is InChI=1S/C16H36N.C12H21BF3O/c1-5-9-13-17(14-10-6-2,15-11-7-3)16-12-8-4;1-12(17)10-8-6-4-2-3-5-7-9-11-13(14,15)16/h5-16H2,1-4H3;9,11H,2-8,10H2,1H3/q+1;-1/b;11-9+. The Morgan fingerprint density at radius 1 is 0.647 bits per heavy atom. The topological polar surface area (TPSA) is 17.1 Å². The number of Topliss-reactive ketones (excluding diaryl/α,β-unsaturated/α-hetero) is 1. The monoisotopic (exact) mass is 491 g/mol. The van der Waals surface area contributed by atoms with E-state index in [9.17, 15) is 17.7 Å². The van der Waals surface area contributed by atoms with Crippen LogP contribution >= 0.6 is 0 Å². The molecule has 0 bridgehead atoms. The molecule has 0 aliphatic carbocycles. The Hall–Kier alpha value is -0.775. The summed E-state index contributed by atoms with van der Waals surface area (Å²) in [6, 6.07) is 0. The first-order valence-corrected chi connectivity index (χ1v) is 14.4. The van der Waals surface area contributed by atoms with E-state index in [-0.39, 0.29) is 5.78 Å². The molecular weight excluding hydrogens is 434 g/mol. The summed E-state index contributed by atoms with van der Waals surface area (Å²) < 4.78 is 36.8. The van der Waals surface area contributed by atoms with Crippen molar-refractivity contribution < 1.29 is 22.2 Å². The first kappa shape index (κ1) is 35.4. The van der Waals surface area contributed by atoms with Gasteiger partial charge < -0.3 is 22.2 Å². The van der Waals surface area contributed by atoms with Gasteiger partial charge in [-0.3, -0.25) is 0 Å². The average Bonchev–Trinajstić information content (AvgIpc) is 2.79. The first-order chi connectivity index (χ1) is 16.2. The molecule has 0 N–H and O–H groups in total. The van der Waals surface area contributed by atoms with Gasteiger partial charge in [0.15, 0.2) is 0 Å². The minimum Gasteiger partial charge on any atom is -0.445 e. The molecule has 0 aromatic heterocycles. The van der Waals surface area contributed by atoms with Gasteiger partial charge in [0.2, 0.25) is 0 Å². The maximum absolute atomic E-state index is 11.8. The molecule has 0 aliphatic heterocycles. The molecule has 204 valence electrons. The van der Waals surface area contributed by atoms with Crippen LogP contribution in [0.1, 0.15) is 137 Å². The van der Waals surface area contributed by atoms with Crippen LogP contribution in [0.5, 0.6) is 0 Å². The third kappa shape index (κ3) is 25.8. The molecule has 0 aromatic carbocycles. The number of hydrogen-bond acceptors (Lipinski definition) is 1. The van der Waals surface area contributed by atoms with Crippen LogP contribution in [-0.4, -0.2) is 43.4 Å². The molecule has 0 atom stereocenters. The Balaban J connectivity index is 0. The van der Waals surface area contributed by atoms with Crippen molar-refractivity contribution in [2.45, 2.75) is 137 Å². The molecule has 0 saturated heterocycles. The number of ketones is 1. The van der Waals surface area contributed by atoms with E-state index < -0.39 is 6.98 Å². The molecule has 0 aliphatic rings. The molecule has 0 spiro atoms. The van der Waals surface area contributed by atoms with Crippen molar-refractivity contribution >= 4 is 12.8 Å². The highest BCUT2D eigenvalue weighted by atomic mass is 19.4. The van der Waals surface area contributed by atoms with Gasteiger partial charge in [-0.15, -0.1) is 12.1 Å². The third-order valence-corrected chi connectivity index (χ3v) is 6.45. The van der Waals surface area contributed by atoms with Gasteiger partial charge in [0, 0.05) is 6.42 Å². The van der Waals surface area contributed by atoms with Crippen molar-refractivity contribution in [1.82, 2.24) is 0 Å². The van der Waals surface area contributed by atoms with Crippen LogP contribution in [0.4, 0.5) is 12.9 Å². The zero-order valence-corrected chi connectivity index (χ0v) is 23.4. The molecule has 2 nitrogen and oxygen atoms in total. The lowest BCUT2D eigenvalue weighted by Crippen LogP contribution is -2.50. The summed E-state index contributed by atoms with van der Waals surface area (Å²) in [4.78, 5) is 10.6. The summed E-state index contributed by atoms with van der Waals surface area (Å²) in [5.74, 6) is 0.594. The second-order valence-electron chi connectivity index (χ2n) is 10.1. The van der Waals surface area contributed by atoms with Crippen LogP contribution in [0.25, 0.3) is 0 Å². The fourth-order valence-electron chi connectivity index (χ4n) is 4.24. The summed E-state index contributed by atoms with van der Waals surface area (Å²) in [5.41, 5.74) is 0. The Kier molecular flexibility index (Phi) is 24.9. The Morgan fingerprint density at radius 3 is 1.38 bits per heavy atom. The van der Waals surface area contributed by atoms with E-state index in [1.807, 2.05) is 0 Å². The number of carbonyl (C=O) groups excluding carboxylic acids is 1. The maximum Gasteiger partial charge on any atom is 0.502 e. The van der Waals surface area contributed by atoms with Crippen molar-refractivity contribution in [3.63, 3.8) is 0 Å². The molecule has 6 heteroatoms. The fraction of sp³-hybridized carbons (Fsp3) is 0.893. The van der Waals surface area contributed by atoms with Crippen molar-refractivity contribution in [2.75, 3.05) is 26.2 Å². The number of carbonyl (C=O) groups is 1. The highest BCUT2D eigenvalue weighted by molar-refractivity contribution is 6.64. The highest BCUT2D eigenvalue weighted by Crippen LogP contribution is 2.16. The maximum atomic E-state index is 11.8. The van der Waals surface area contributed by atoms with Crippen molar-refractivity contribution in [2.24, 2.45) is 0 Å². The lowest BCUT2D eigenvalue weighted by Gasteiger charge is -2.39. The molecule has 0 rings (SSSR count). The van der Waals surface area contributed by atoms with Gasteiger partial charge in [0.05, 0.1) is 26.2 Å². The van der Waals surface area contributed by atoms with Gasteiger partial charge in [-0.25, -0.2) is 0 Å². The fourth-order valence-corrected chi connectivity index (χ4v) is 4.24. The van der Waals surface area contributed by atoms with Crippen LogP contribution in [0.15, 0.2) is 12.1 Å². The van der Waals surface area contributed by atoms with E-state index in [0.717, 1.165) is 38.5 Å². The lowest BCUT2D eigenvalue weighted by molar-refractivity contribution is -0.929. The van der Waals surface area contributed by atoms with E-state index in [0.29, 0.717) is 18.8 Å². The number of halogens is 3. The van der Waals surface area contributed by atoms with E-state index in [4.69, 9.17) is 0 Å². The SMILES string of the molecule is CC(=O)CCCCCCCC/C=C/[B-](F)(F)F.CCCC[N+](CCCC)(CCCC)CCCC. The molecule has 0 heterocycles. The first-order valence-electron chi connectivity index (χ1n) is 14.4. The lowest BCUT2D eigenvalue weighted by atomic mass is 9.91. The summed E-state index contributed by atoms with van der Waals surface area (Å²) in [6.07, 6.45) is 19.3. The van der Waals surface area contributed by atoms with E-state index in [1.165, 1.54) is 88.1 Å². The number of nitrogens with zero attached hydrogens (tertiary/aromatic N) is 1. The minimum atomic E-state index is -4.76. The van der Waals surface area contributed by atoms with Gasteiger partial charge in [-0.2, -0.15) is 0 Å². The highest BCUT2D eigenvalue weighted by Gasteiger charge is 2.24. The van der Waals surface area contributed by atoms with Gasteiger partial charge in [0.25, 0.3) is 0 Å². The van der Waals surface area contributed by atoms with Crippen molar-refractivity contribution in [1.29, 1.82) is 0 Å². The zero-order chi connectivity index (χ0) is 26.1. The van der Waals surface area contributed by atoms with E-state index in [2.05, 4.69) is 27.7 Å². The summed E-state index contributed by atoms with van der Waals surface area (Å²) in [6.45, 7) is 11.9. The molecule has 0 unspecified atom stereocenters. The second kappa shape index (κ2) is 23.9. The Labute approximate surface area is 210 Å². The van der Waals surface area contributed by atoms with Crippen LogP contribution in [0, 0.1) is 0 Å². The predicted octanol–water partition coefficient (Wildman–Crippen LogP) is 9.64. The van der Waals surface area contributed by atoms with Gasteiger partial charge in [-0.05, 0) is 51.9 Å². The third-order valence-electron chi connectivity index (χ3n) is 6.45. The average molecular weight is 492 g/mol. The second-order valence-corrected chi connectivity index (χ2v) is 10.1. The van der Waals surface area contributed by atoms with Gasteiger partial charge in [0.1, 0.15) is 5.78 Å². The number of unbranched alkanes of at least 4 members (excludes halogenated alkanes) is 10. The quantitative estimate of drug-likeness (QED) is 0.0837. The summed E-state index contributed by atoms with van der Waals surface area (Å²) >= 11 is 0. The van der Waals surface area contributed by atoms with Crippen LogP contribution in [0.3, 0.4) is 0 Å². The van der Waals surface area contributed by atoms with E-state index >= 15 is 0 Å². The van der Waals surface area contributed by atoms with Gasteiger partial charge >= 0.3 is 6.98 Å². The Morgan fingerprint density at radius 2 is 1.03 bits per heavy atom. The smallest absolute Gasteiger partial charge is 0.445 e. The predicted molar refractivity (Wildman–Crippen MR) is 145 cm³/mol. The molecule has 0 amide bonds. The van der Waals surface area contributed by atoms with E-state index in [1.54, 1.807) is 6.92 Å². The number of quaternary nitrogens is 1. The van der Waals surface area contributed by atoms with Gasteiger partial charge in [-0.1, -0.05) is 79.1 Å².